The molecule has 0 aliphatic carbocycles. The number of hydrazone groups is 1. The average molecular weight is 450 g/mol. The second-order valence-corrected chi connectivity index (χ2v) is 6.55. The molecule has 0 saturated carbocycles. The molecule has 2 N–H and O–H groups in total. The maximum Gasteiger partial charge on any atom is 0.282 e. The fourth-order valence-corrected chi connectivity index (χ4v) is 3.05. The third-order valence-corrected chi connectivity index (χ3v) is 4.57. The Kier molecular flexibility index (Phi) is 4.99. The predicted octanol–water partition coefficient (Wildman–Crippen LogP) is 2.85. The maximum absolute atomic E-state index is 11.4. The molecule has 4 aromatic rings. The summed E-state index contributed by atoms with van der Waals surface area (Å²) < 4.78 is 20.5. The molecule has 5 rings (SSSR count). The van der Waals surface area contributed by atoms with Gasteiger partial charge in [0.05, 0.1) is 35.6 Å². The minimum Gasteiger partial charge on any atom is -0.495 e. The quantitative estimate of drug-likeness (QED) is 0.240. The molecule has 14 nitrogen and oxygen atoms in total. The van der Waals surface area contributed by atoms with E-state index in [2.05, 4.69) is 40.8 Å². The highest BCUT2D eigenvalue weighted by atomic mass is 16.7. The lowest BCUT2D eigenvalue weighted by atomic mass is 10.1. The number of nitro groups is 1. The lowest BCUT2D eigenvalue weighted by Crippen LogP contribution is -2.04. The molecule has 2 aromatic heterocycles. The van der Waals surface area contributed by atoms with Crippen LogP contribution in [0.5, 0.6) is 17.2 Å². The van der Waals surface area contributed by atoms with Gasteiger partial charge in [-0.2, -0.15) is 10.1 Å². The molecule has 33 heavy (non-hydrogen) atoms. The lowest BCUT2D eigenvalue weighted by Gasteiger charge is -2.12. The topological polar surface area (TPSA) is 172 Å². The second kappa shape index (κ2) is 8.26. The Labute approximate surface area is 184 Å². The first-order chi connectivity index (χ1) is 16.1. The third-order valence-electron chi connectivity index (χ3n) is 4.57. The second-order valence-electron chi connectivity index (χ2n) is 6.55. The van der Waals surface area contributed by atoms with Gasteiger partial charge in [-0.05, 0) is 28.5 Å². The van der Waals surface area contributed by atoms with Crippen LogP contribution in [-0.2, 0) is 0 Å². The van der Waals surface area contributed by atoms with Crippen LogP contribution in [-0.4, -0.2) is 45.3 Å². The number of methoxy groups -OCH3 is 1. The van der Waals surface area contributed by atoms with Crippen LogP contribution in [0, 0.1) is 10.1 Å². The lowest BCUT2D eigenvalue weighted by molar-refractivity contribution is -0.385. The van der Waals surface area contributed by atoms with Crippen molar-refractivity contribution in [3.63, 3.8) is 0 Å². The van der Waals surface area contributed by atoms with Gasteiger partial charge in [-0.15, -0.1) is 0 Å². The van der Waals surface area contributed by atoms with Gasteiger partial charge in [0, 0.05) is 0 Å². The summed E-state index contributed by atoms with van der Waals surface area (Å²) >= 11 is 0. The van der Waals surface area contributed by atoms with Crippen molar-refractivity contribution in [2.24, 2.45) is 5.10 Å². The van der Waals surface area contributed by atoms with Crippen LogP contribution in [0.3, 0.4) is 0 Å². The fraction of sp³-hybridized carbons (Fsp3) is 0.105. The number of anilines is 3. The number of hydrogen-bond acceptors (Lipinski definition) is 13. The van der Waals surface area contributed by atoms with Crippen molar-refractivity contribution in [2.75, 3.05) is 24.6 Å². The Morgan fingerprint density at radius 3 is 2.61 bits per heavy atom. The monoisotopic (exact) mass is 450 g/mol. The van der Waals surface area contributed by atoms with Crippen molar-refractivity contribution in [3.05, 3.63) is 52.1 Å². The van der Waals surface area contributed by atoms with Gasteiger partial charge in [0.25, 0.3) is 5.69 Å². The largest absolute Gasteiger partial charge is 0.495 e. The van der Waals surface area contributed by atoms with Gasteiger partial charge in [0.2, 0.25) is 18.1 Å². The van der Waals surface area contributed by atoms with E-state index < -0.39 is 4.92 Å². The Balaban J connectivity index is 1.47. The van der Waals surface area contributed by atoms with E-state index in [1.54, 1.807) is 19.2 Å². The average Bonchev–Trinajstić information content (AvgIpc) is 3.47. The van der Waals surface area contributed by atoms with Crippen LogP contribution in [0.4, 0.5) is 23.0 Å². The summed E-state index contributed by atoms with van der Waals surface area (Å²) in [7, 11) is 1.54. The van der Waals surface area contributed by atoms with Crippen molar-refractivity contribution in [1.82, 2.24) is 20.3 Å². The van der Waals surface area contributed by atoms with Crippen LogP contribution < -0.4 is 25.0 Å². The van der Waals surface area contributed by atoms with Crippen molar-refractivity contribution in [3.8, 4) is 17.2 Å². The molecule has 0 spiro atoms. The Bertz CT molecular complexity index is 1390. The minimum absolute atomic E-state index is 0.00927. The number of nitrogens with zero attached hydrogens (tertiary/aromatic N) is 6. The molecule has 0 unspecified atom stereocenters. The van der Waals surface area contributed by atoms with E-state index in [9.17, 15) is 10.1 Å². The molecular weight excluding hydrogens is 436 g/mol. The van der Waals surface area contributed by atoms with Crippen molar-refractivity contribution in [2.45, 2.75) is 0 Å². The normalized spacial score (nSPS) is 12.3. The highest BCUT2D eigenvalue weighted by Crippen LogP contribution is 2.37. The molecule has 1 aliphatic heterocycles. The molecule has 3 heterocycles. The third kappa shape index (κ3) is 3.87. The summed E-state index contributed by atoms with van der Waals surface area (Å²) in [5.74, 6) is 1.67. The summed E-state index contributed by atoms with van der Waals surface area (Å²) in [5, 5.41) is 26.0. The molecule has 0 saturated heterocycles. The molecule has 1 aliphatic rings. The van der Waals surface area contributed by atoms with Gasteiger partial charge in [-0.1, -0.05) is 12.1 Å². The van der Waals surface area contributed by atoms with E-state index in [1.165, 1.54) is 18.3 Å². The summed E-state index contributed by atoms with van der Waals surface area (Å²) in [6.07, 6.45) is 1.26. The summed E-state index contributed by atoms with van der Waals surface area (Å²) in [5.41, 5.74) is 3.67. The van der Waals surface area contributed by atoms with E-state index in [-0.39, 0.29) is 41.0 Å². The number of rotatable bonds is 7. The first kappa shape index (κ1) is 19.9. The number of aromatic nitrogens is 4. The molecular formula is C19H14N8O6. The van der Waals surface area contributed by atoms with Gasteiger partial charge in [0.1, 0.15) is 5.75 Å². The minimum atomic E-state index is -0.537. The number of nitro benzene ring substituents is 1. The first-order valence-electron chi connectivity index (χ1n) is 9.40. The van der Waals surface area contributed by atoms with E-state index in [1.807, 2.05) is 12.1 Å². The van der Waals surface area contributed by atoms with E-state index in [4.69, 9.17) is 14.2 Å². The van der Waals surface area contributed by atoms with E-state index >= 15 is 0 Å². The molecule has 0 atom stereocenters. The number of benzene rings is 2. The van der Waals surface area contributed by atoms with E-state index in [0.717, 1.165) is 0 Å². The number of nitrogens with one attached hydrogen (secondary N) is 2. The number of fused-ring (bicyclic) bond motifs is 2. The van der Waals surface area contributed by atoms with Crippen LogP contribution >= 0.6 is 0 Å². The van der Waals surface area contributed by atoms with Crippen LogP contribution in [0.1, 0.15) is 5.56 Å². The first-order valence-corrected chi connectivity index (χ1v) is 9.40. The highest BCUT2D eigenvalue weighted by molar-refractivity contribution is 5.88. The zero-order valence-electron chi connectivity index (χ0n) is 16.9. The molecule has 0 fully saturated rings. The van der Waals surface area contributed by atoms with Crippen LogP contribution in [0.25, 0.3) is 11.3 Å². The zero-order valence-corrected chi connectivity index (χ0v) is 16.9. The fourth-order valence-electron chi connectivity index (χ4n) is 3.05. The maximum atomic E-state index is 11.4. The van der Waals surface area contributed by atoms with Crippen molar-refractivity contribution >= 4 is 40.5 Å². The Morgan fingerprint density at radius 1 is 1.12 bits per heavy atom. The van der Waals surface area contributed by atoms with Crippen LogP contribution in [0.15, 0.2) is 46.1 Å². The summed E-state index contributed by atoms with van der Waals surface area (Å²) in [4.78, 5) is 19.6. The van der Waals surface area contributed by atoms with E-state index in [0.29, 0.717) is 22.9 Å². The molecule has 2 aromatic carbocycles. The zero-order chi connectivity index (χ0) is 22.8. The summed E-state index contributed by atoms with van der Waals surface area (Å²) in [6, 6.07) is 9.95. The number of hydrogen-bond donors (Lipinski definition) is 2. The highest BCUT2D eigenvalue weighted by Gasteiger charge is 2.22. The summed E-state index contributed by atoms with van der Waals surface area (Å²) in [6.45, 7) is -0.00927. The molecule has 166 valence electrons. The molecule has 0 amide bonds. The molecule has 14 heteroatoms. The van der Waals surface area contributed by atoms with Crippen LogP contribution in [0.2, 0.25) is 0 Å². The Morgan fingerprint density at radius 2 is 1.85 bits per heavy atom. The SMILES string of the molecule is COc1ccccc1Nc1nc2nonc2nc1N/N=C\c1cc2c(cc1[N+](=O)[O-])OCO2. The smallest absolute Gasteiger partial charge is 0.282 e. The van der Waals surface area contributed by atoms with Gasteiger partial charge in [-0.25, -0.2) is 9.61 Å². The number of ether oxygens (including phenoxy) is 3. The van der Waals surface area contributed by atoms with Gasteiger partial charge >= 0.3 is 0 Å². The Hall–Kier alpha value is -5.01. The predicted molar refractivity (Wildman–Crippen MR) is 114 cm³/mol. The standard InChI is InChI=1S/C19H14N8O6/c1-30-13-5-3-2-4-11(13)21-16-17(23-19-18(22-16)25-33-26-19)24-20-8-10-6-14-15(32-9-31-14)7-12(10)27(28)29/h2-8H,9H2,1H3,(H,21,22,25)(H,23,24,26)/b20-8-. The van der Waals surface area contributed by atoms with Gasteiger partial charge < -0.3 is 19.5 Å². The number of para-hydroxylation sites is 2. The van der Waals surface area contributed by atoms with Crippen molar-refractivity contribution < 1.29 is 23.8 Å². The molecule has 0 bridgehead atoms. The van der Waals surface area contributed by atoms with Gasteiger partial charge in [-0.3, -0.25) is 15.5 Å². The van der Waals surface area contributed by atoms with Gasteiger partial charge in [0.15, 0.2) is 23.1 Å². The van der Waals surface area contributed by atoms with Crippen molar-refractivity contribution in [1.29, 1.82) is 0 Å². The molecule has 0 radical (unpaired) electrons.